The molecule has 18 heavy (non-hydrogen) atoms. The van der Waals surface area contributed by atoms with Gasteiger partial charge in [0, 0.05) is 11.0 Å². The molecule has 0 unspecified atom stereocenters. The van der Waals surface area contributed by atoms with Gasteiger partial charge < -0.3 is 10.1 Å². The number of benzene rings is 1. The highest BCUT2D eigenvalue weighted by Gasteiger charge is 2.08. The van der Waals surface area contributed by atoms with E-state index in [1.165, 1.54) is 6.07 Å². The minimum absolute atomic E-state index is 0.294. The minimum Gasteiger partial charge on any atom is -0.489 e. The summed E-state index contributed by atoms with van der Waals surface area (Å²) in [6.45, 7) is 8.78. The van der Waals surface area contributed by atoms with Crippen molar-refractivity contribution >= 4 is 15.9 Å². The molecular formula is C14H21BrFNO. The van der Waals surface area contributed by atoms with Crippen molar-refractivity contribution in [2.45, 2.75) is 27.2 Å². The lowest BCUT2D eigenvalue weighted by Crippen LogP contribution is -2.25. The number of nitrogens with one attached hydrogen (secondary N) is 1. The van der Waals surface area contributed by atoms with Crippen molar-refractivity contribution < 1.29 is 9.13 Å². The molecule has 0 heterocycles. The first kappa shape index (κ1) is 15.4. The molecule has 1 aromatic carbocycles. The molecule has 0 fully saturated rings. The van der Waals surface area contributed by atoms with E-state index in [2.05, 4.69) is 42.0 Å². The van der Waals surface area contributed by atoms with E-state index < -0.39 is 0 Å². The Morgan fingerprint density at radius 3 is 2.67 bits per heavy atom. The first-order valence-electron chi connectivity index (χ1n) is 6.17. The zero-order chi connectivity index (χ0) is 13.6. The van der Waals surface area contributed by atoms with Crippen molar-refractivity contribution in [1.82, 2.24) is 5.32 Å². The zero-order valence-corrected chi connectivity index (χ0v) is 12.8. The first-order valence-corrected chi connectivity index (χ1v) is 6.96. The fourth-order valence-electron chi connectivity index (χ4n) is 1.41. The Kier molecular flexibility index (Phi) is 6.09. The molecule has 102 valence electrons. The standard InChI is InChI=1S/C14H21BrFNO/c1-14(2,3)6-7-17-8-9-18-13-10-11(15)4-5-12(13)16/h4-5,10,17H,6-9H2,1-3H3. The summed E-state index contributed by atoms with van der Waals surface area (Å²) in [5.41, 5.74) is 0.338. The van der Waals surface area contributed by atoms with E-state index in [0.29, 0.717) is 17.8 Å². The summed E-state index contributed by atoms with van der Waals surface area (Å²) >= 11 is 3.29. The van der Waals surface area contributed by atoms with E-state index in [9.17, 15) is 4.39 Å². The average Bonchev–Trinajstić information content (AvgIpc) is 2.26. The Morgan fingerprint density at radius 1 is 1.28 bits per heavy atom. The van der Waals surface area contributed by atoms with Crippen LogP contribution in [0.2, 0.25) is 0 Å². The van der Waals surface area contributed by atoms with E-state index in [1.807, 2.05) is 0 Å². The predicted octanol–water partition coefficient (Wildman–Crippen LogP) is 3.99. The second-order valence-corrected chi connectivity index (χ2v) is 6.40. The van der Waals surface area contributed by atoms with Crippen molar-refractivity contribution in [3.8, 4) is 5.75 Å². The van der Waals surface area contributed by atoms with Crippen LogP contribution in [-0.2, 0) is 0 Å². The third-order valence-corrected chi connectivity index (χ3v) is 2.97. The zero-order valence-electron chi connectivity index (χ0n) is 11.2. The number of halogens is 2. The van der Waals surface area contributed by atoms with E-state index in [0.717, 1.165) is 24.0 Å². The lowest BCUT2D eigenvalue weighted by atomic mass is 9.92. The third kappa shape index (κ3) is 6.36. The van der Waals surface area contributed by atoms with E-state index in [1.54, 1.807) is 12.1 Å². The van der Waals surface area contributed by atoms with Crippen molar-refractivity contribution in [3.05, 3.63) is 28.5 Å². The molecule has 2 nitrogen and oxygen atoms in total. The molecule has 0 aliphatic heterocycles. The predicted molar refractivity (Wildman–Crippen MR) is 76.5 cm³/mol. The fourth-order valence-corrected chi connectivity index (χ4v) is 1.75. The average molecular weight is 318 g/mol. The fraction of sp³-hybridized carbons (Fsp3) is 0.571. The molecule has 1 aromatic rings. The highest BCUT2D eigenvalue weighted by atomic mass is 79.9. The van der Waals surface area contributed by atoms with Crippen molar-refractivity contribution in [3.63, 3.8) is 0 Å². The van der Waals surface area contributed by atoms with Crippen LogP contribution < -0.4 is 10.1 Å². The lowest BCUT2D eigenvalue weighted by Gasteiger charge is -2.18. The largest absolute Gasteiger partial charge is 0.489 e. The Bertz CT molecular complexity index is 377. The topological polar surface area (TPSA) is 21.3 Å². The molecule has 0 atom stereocenters. The van der Waals surface area contributed by atoms with Gasteiger partial charge in [0.15, 0.2) is 11.6 Å². The molecule has 0 saturated heterocycles. The van der Waals surface area contributed by atoms with Gasteiger partial charge in [-0.15, -0.1) is 0 Å². The normalized spacial score (nSPS) is 11.6. The monoisotopic (exact) mass is 317 g/mol. The molecule has 1 rings (SSSR count). The summed E-state index contributed by atoms with van der Waals surface area (Å²) in [5.74, 6) is -0.0325. The van der Waals surface area contributed by atoms with Gasteiger partial charge in [0.05, 0.1) is 0 Å². The summed E-state index contributed by atoms with van der Waals surface area (Å²) in [4.78, 5) is 0. The number of hydrogen-bond donors (Lipinski definition) is 1. The van der Waals surface area contributed by atoms with Gasteiger partial charge in [-0.3, -0.25) is 0 Å². The van der Waals surface area contributed by atoms with E-state index in [-0.39, 0.29) is 5.82 Å². The maximum atomic E-state index is 13.3. The van der Waals surface area contributed by atoms with Crippen LogP contribution in [0.4, 0.5) is 4.39 Å². The van der Waals surface area contributed by atoms with Crippen LogP contribution in [0.1, 0.15) is 27.2 Å². The number of ether oxygens (including phenoxy) is 1. The summed E-state index contributed by atoms with van der Waals surface area (Å²) in [7, 11) is 0. The van der Waals surface area contributed by atoms with Crippen molar-refractivity contribution in [1.29, 1.82) is 0 Å². The molecule has 4 heteroatoms. The Labute approximate surface area is 117 Å². The van der Waals surface area contributed by atoms with Crippen molar-refractivity contribution in [2.75, 3.05) is 19.7 Å². The van der Waals surface area contributed by atoms with Gasteiger partial charge in [0.1, 0.15) is 6.61 Å². The molecule has 0 radical (unpaired) electrons. The highest BCUT2D eigenvalue weighted by Crippen LogP contribution is 2.22. The minimum atomic E-state index is -0.326. The second kappa shape index (κ2) is 7.10. The van der Waals surface area contributed by atoms with Crippen LogP contribution in [-0.4, -0.2) is 19.7 Å². The SMILES string of the molecule is CC(C)(C)CCNCCOc1cc(Br)ccc1F. The van der Waals surface area contributed by atoms with Gasteiger partial charge in [-0.2, -0.15) is 0 Å². The smallest absolute Gasteiger partial charge is 0.165 e. The van der Waals surface area contributed by atoms with Gasteiger partial charge in [0.2, 0.25) is 0 Å². The molecule has 0 bridgehead atoms. The molecule has 1 N–H and O–H groups in total. The molecule has 0 aliphatic carbocycles. The van der Waals surface area contributed by atoms with Crippen LogP contribution in [0.15, 0.2) is 22.7 Å². The van der Waals surface area contributed by atoms with Crippen molar-refractivity contribution in [2.24, 2.45) is 5.41 Å². The van der Waals surface area contributed by atoms with Gasteiger partial charge >= 0.3 is 0 Å². The Hall–Kier alpha value is -0.610. The molecule has 0 saturated carbocycles. The number of rotatable bonds is 6. The van der Waals surface area contributed by atoms with Gasteiger partial charge in [-0.1, -0.05) is 36.7 Å². The second-order valence-electron chi connectivity index (χ2n) is 5.48. The maximum Gasteiger partial charge on any atom is 0.165 e. The quantitative estimate of drug-likeness (QED) is 0.801. The lowest BCUT2D eigenvalue weighted by molar-refractivity contribution is 0.291. The van der Waals surface area contributed by atoms with Gasteiger partial charge in [-0.25, -0.2) is 4.39 Å². The van der Waals surface area contributed by atoms with Crippen LogP contribution in [0.25, 0.3) is 0 Å². The van der Waals surface area contributed by atoms with Crippen LogP contribution in [0, 0.1) is 11.2 Å². The van der Waals surface area contributed by atoms with E-state index >= 15 is 0 Å². The van der Waals surface area contributed by atoms with Gasteiger partial charge in [0.25, 0.3) is 0 Å². The van der Waals surface area contributed by atoms with Crippen LogP contribution in [0.3, 0.4) is 0 Å². The maximum absolute atomic E-state index is 13.3. The molecule has 0 aliphatic rings. The molecule has 0 spiro atoms. The van der Waals surface area contributed by atoms with Gasteiger partial charge in [-0.05, 0) is 36.6 Å². The molecule has 0 amide bonds. The molecular weight excluding hydrogens is 297 g/mol. The van der Waals surface area contributed by atoms with Crippen LogP contribution >= 0.6 is 15.9 Å². The summed E-state index contributed by atoms with van der Waals surface area (Å²) in [6.07, 6.45) is 1.11. The van der Waals surface area contributed by atoms with Crippen LogP contribution in [0.5, 0.6) is 5.75 Å². The Balaban J connectivity index is 2.20. The number of hydrogen-bond acceptors (Lipinski definition) is 2. The highest BCUT2D eigenvalue weighted by molar-refractivity contribution is 9.10. The summed E-state index contributed by atoms with van der Waals surface area (Å²) in [5, 5.41) is 3.29. The Morgan fingerprint density at radius 2 is 2.00 bits per heavy atom. The third-order valence-electron chi connectivity index (χ3n) is 2.48. The first-order chi connectivity index (χ1) is 8.38. The summed E-state index contributed by atoms with van der Waals surface area (Å²) in [6, 6.07) is 4.70. The molecule has 0 aromatic heterocycles. The summed E-state index contributed by atoms with van der Waals surface area (Å²) < 4.78 is 19.5. The van der Waals surface area contributed by atoms with E-state index in [4.69, 9.17) is 4.74 Å².